The van der Waals surface area contributed by atoms with Gasteiger partial charge in [0.15, 0.2) is 5.82 Å². The van der Waals surface area contributed by atoms with Crippen molar-refractivity contribution in [3.8, 4) is 0 Å². The molecule has 2 aliphatic rings. The Morgan fingerprint density at radius 3 is 2.45 bits per heavy atom. The molecular formula is C15H25N5. The molecule has 5 heteroatoms. The maximum absolute atomic E-state index is 4.36. The average Bonchev–Trinajstić information content (AvgIpc) is 3.03. The zero-order valence-corrected chi connectivity index (χ0v) is 12.4. The lowest BCUT2D eigenvalue weighted by atomic mass is 10.2. The van der Waals surface area contributed by atoms with E-state index in [0.29, 0.717) is 0 Å². The number of nitrogens with one attached hydrogen (secondary N) is 1. The van der Waals surface area contributed by atoms with Crippen molar-refractivity contribution in [2.24, 2.45) is 0 Å². The van der Waals surface area contributed by atoms with Gasteiger partial charge in [0.25, 0.3) is 0 Å². The zero-order chi connectivity index (χ0) is 13.8. The Bertz CT molecular complexity index is 405. The minimum absolute atomic E-state index is 0.780. The van der Waals surface area contributed by atoms with Gasteiger partial charge in [-0.15, -0.1) is 5.10 Å². The summed E-state index contributed by atoms with van der Waals surface area (Å²) in [5, 5.41) is 11.7. The normalized spacial score (nSPS) is 21.6. The van der Waals surface area contributed by atoms with Crippen LogP contribution < -0.4 is 10.2 Å². The van der Waals surface area contributed by atoms with Gasteiger partial charge in [-0.05, 0) is 32.0 Å². The van der Waals surface area contributed by atoms with Gasteiger partial charge >= 0.3 is 0 Å². The molecule has 2 fully saturated rings. The number of hydrogen-bond acceptors (Lipinski definition) is 5. The standard InChI is InChI=1S/C15H25N5/c1-16-12-13-6-7-15(18-17-13)20-10-8-19(9-11-20)14-4-2-3-5-14/h6-7,14,16H,2-5,8-12H2,1H3. The van der Waals surface area contributed by atoms with Crippen molar-refractivity contribution >= 4 is 5.82 Å². The van der Waals surface area contributed by atoms with Gasteiger partial charge < -0.3 is 10.2 Å². The summed E-state index contributed by atoms with van der Waals surface area (Å²) >= 11 is 0. The molecule has 0 spiro atoms. The number of anilines is 1. The second kappa shape index (κ2) is 6.50. The van der Waals surface area contributed by atoms with E-state index in [0.717, 1.165) is 37.2 Å². The first-order valence-corrected chi connectivity index (χ1v) is 7.83. The van der Waals surface area contributed by atoms with Crippen LogP contribution in [0.4, 0.5) is 5.82 Å². The Morgan fingerprint density at radius 2 is 1.85 bits per heavy atom. The van der Waals surface area contributed by atoms with E-state index in [2.05, 4.69) is 37.4 Å². The quantitative estimate of drug-likeness (QED) is 0.896. The van der Waals surface area contributed by atoms with Gasteiger partial charge in [0.2, 0.25) is 0 Å². The van der Waals surface area contributed by atoms with Crippen LogP contribution in [-0.2, 0) is 6.54 Å². The number of hydrogen-bond donors (Lipinski definition) is 1. The number of rotatable bonds is 4. The molecule has 20 heavy (non-hydrogen) atoms. The summed E-state index contributed by atoms with van der Waals surface area (Å²) < 4.78 is 0. The van der Waals surface area contributed by atoms with E-state index in [1.807, 2.05) is 7.05 Å². The SMILES string of the molecule is CNCc1ccc(N2CCN(C3CCCC3)CC2)nn1. The Balaban J connectivity index is 1.54. The molecule has 1 aromatic heterocycles. The van der Waals surface area contributed by atoms with Crippen molar-refractivity contribution < 1.29 is 0 Å². The van der Waals surface area contributed by atoms with Gasteiger partial charge in [-0.1, -0.05) is 12.8 Å². The second-order valence-corrected chi connectivity index (χ2v) is 5.87. The highest BCUT2D eigenvalue weighted by Gasteiger charge is 2.26. The molecule has 0 bridgehead atoms. The molecule has 0 aromatic carbocycles. The molecule has 1 aliphatic carbocycles. The smallest absolute Gasteiger partial charge is 0.151 e. The van der Waals surface area contributed by atoms with Crippen molar-refractivity contribution in [3.63, 3.8) is 0 Å². The summed E-state index contributed by atoms with van der Waals surface area (Å²) in [5.41, 5.74) is 1.00. The number of nitrogens with zero attached hydrogens (tertiary/aromatic N) is 4. The van der Waals surface area contributed by atoms with E-state index in [1.54, 1.807) is 0 Å². The molecule has 1 aromatic rings. The summed E-state index contributed by atoms with van der Waals surface area (Å²) in [6, 6.07) is 5.02. The molecule has 0 radical (unpaired) electrons. The molecule has 110 valence electrons. The fourth-order valence-electron chi connectivity index (χ4n) is 3.38. The predicted molar refractivity (Wildman–Crippen MR) is 80.8 cm³/mol. The van der Waals surface area contributed by atoms with Crippen LogP contribution in [0.2, 0.25) is 0 Å². The average molecular weight is 275 g/mol. The Kier molecular flexibility index (Phi) is 4.47. The number of piperazine rings is 1. The first-order valence-electron chi connectivity index (χ1n) is 7.83. The summed E-state index contributed by atoms with van der Waals surface area (Å²) in [6.07, 6.45) is 5.64. The van der Waals surface area contributed by atoms with Crippen molar-refractivity contribution in [1.82, 2.24) is 20.4 Å². The summed E-state index contributed by atoms with van der Waals surface area (Å²) in [7, 11) is 1.93. The minimum Gasteiger partial charge on any atom is -0.353 e. The van der Waals surface area contributed by atoms with Gasteiger partial charge in [-0.3, -0.25) is 4.90 Å². The van der Waals surface area contributed by atoms with Crippen LogP contribution in [0, 0.1) is 0 Å². The van der Waals surface area contributed by atoms with E-state index in [-0.39, 0.29) is 0 Å². The van der Waals surface area contributed by atoms with Gasteiger partial charge in [-0.2, -0.15) is 5.10 Å². The third kappa shape index (κ3) is 3.10. The topological polar surface area (TPSA) is 44.3 Å². The second-order valence-electron chi connectivity index (χ2n) is 5.87. The van der Waals surface area contributed by atoms with Crippen LogP contribution in [0.3, 0.4) is 0 Å². The van der Waals surface area contributed by atoms with Crippen LogP contribution in [0.25, 0.3) is 0 Å². The van der Waals surface area contributed by atoms with Crippen LogP contribution in [0.5, 0.6) is 0 Å². The largest absolute Gasteiger partial charge is 0.353 e. The number of aromatic nitrogens is 2. The van der Waals surface area contributed by atoms with Gasteiger partial charge in [-0.25, -0.2) is 0 Å². The van der Waals surface area contributed by atoms with Crippen molar-refractivity contribution in [3.05, 3.63) is 17.8 Å². The highest BCUT2D eigenvalue weighted by atomic mass is 15.3. The van der Waals surface area contributed by atoms with Gasteiger partial charge in [0.05, 0.1) is 5.69 Å². The van der Waals surface area contributed by atoms with E-state index >= 15 is 0 Å². The molecule has 1 saturated carbocycles. The molecule has 5 nitrogen and oxygen atoms in total. The maximum atomic E-state index is 4.36. The third-order valence-electron chi connectivity index (χ3n) is 4.54. The van der Waals surface area contributed by atoms with Crippen LogP contribution in [0.1, 0.15) is 31.4 Å². The van der Waals surface area contributed by atoms with E-state index in [9.17, 15) is 0 Å². The fraction of sp³-hybridized carbons (Fsp3) is 0.733. The van der Waals surface area contributed by atoms with Crippen molar-refractivity contribution in [1.29, 1.82) is 0 Å². The Labute approximate surface area is 121 Å². The lowest BCUT2D eigenvalue weighted by Crippen LogP contribution is -2.50. The first-order chi connectivity index (χ1) is 9.86. The summed E-state index contributed by atoms with van der Waals surface area (Å²) in [4.78, 5) is 5.04. The molecule has 0 amide bonds. The molecular weight excluding hydrogens is 250 g/mol. The van der Waals surface area contributed by atoms with E-state index < -0.39 is 0 Å². The minimum atomic E-state index is 0.780. The Hall–Kier alpha value is -1.20. The van der Waals surface area contributed by atoms with E-state index in [4.69, 9.17) is 0 Å². The summed E-state index contributed by atoms with van der Waals surface area (Å²) in [5.74, 6) is 1.02. The lowest BCUT2D eigenvalue weighted by molar-refractivity contribution is 0.187. The molecule has 3 rings (SSSR count). The van der Waals surface area contributed by atoms with Crippen LogP contribution in [-0.4, -0.2) is 54.4 Å². The van der Waals surface area contributed by atoms with Crippen LogP contribution >= 0.6 is 0 Å². The predicted octanol–water partition coefficient (Wildman–Crippen LogP) is 1.26. The Morgan fingerprint density at radius 1 is 1.10 bits per heavy atom. The maximum Gasteiger partial charge on any atom is 0.151 e. The molecule has 0 unspecified atom stereocenters. The lowest BCUT2D eigenvalue weighted by Gasteiger charge is -2.38. The molecule has 2 heterocycles. The monoisotopic (exact) mass is 275 g/mol. The molecule has 1 N–H and O–H groups in total. The highest BCUT2D eigenvalue weighted by molar-refractivity contribution is 5.38. The molecule has 1 saturated heterocycles. The first kappa shape index (κ1) is 13.8. The van der Waals surface area contributed by atoms with Crippen molar-refractivity contribution in [2.45, 2.75) is 38.3 Å². The van der Waals surface area contributed by atoms with Crippen LogP contribution in [0.15, 0.2) is 12.1 Å². The van der Waals surface area contributed by atoms with Gasteiger partial charge in [0.1, 0.15) is 0 Å². The molecule has 1 aliphatic heterocycles. The van der Waals surface area contributed by atoms with E-state index in [1.165, 1.54) is 38.8 Å². The zero-order valence-electron chi connectivity index (χ0n) is 12.4. The highest BCUT2D eigenvalue weighted by Crippen LogP contribution is 2.25. The van der Waals surface area contributed by atoms with Gasteiger partial charge in [0, 0.05) is 38.8 Å². The molecule has 0 atom stereocenters. The summed E-state index contributed by atoms with van der Waals surface area (Å²) in [6.45, 7) is 5.28. The third-order valence-corrected chi connectivity index (χ3v) is 4.54. The fourth-order valence-corrected chi connectivity index (χ4v) is 3.38. The van der Waals surface area contributed by atoms with Crippen molar-refractivity contribution in [2.75, 3.05) is 38.1 Å².